The maximum absolute atomic E-state index is 10.6. The van der Waals surface area contributed by atoms with E-state index in [-0.39, 0.29) is 12.1 Å². The Balaban J connectivity index is 2.92. The van der Waals surface area contributed by atoms with Gasteiger partial charge in [0, 0.05) is 6.54 Å². The molecule has 1 rings (SSSR count). The van der Waals surface area contributed by atoms with Crippen molar-refractivity contribution >= 4 is 12.0 Å². The van der Waals surface area contributed by atoms with Gasteiger partial charge in [-0.15, -0.1) is 0 Å². The zero-order valence-corrected chi connectivity index (χ0v) is 7.10. The summed E-state index contributed by atoms with van der Waals surface area (Å²) in [6.07, 6.45) is 1.57. The molecule has 0 aliphatic heterocycles. The van der Waals surface area contributed by atoms with Crippen molar-refractivity contribution in [1.29, 1.82) is 0 Å². The third-order valence-corrected chi connectivity index (χ3v) is 1.64. The number of benzene rings is 1. The van der Waals surface area contributed by atoms with Crippen LogP contribution < -0.4 is 5.73 Å². The summed E-state index contributed by atoms with van der Waals surface area (Å²) in [6, 6.07) is 9.24. The molecule has 3 heteroatoms. The Hall–Kier alpha value is -1.61. The number of carbonyl (C=O) groups is 1. The van der Waals surface area contributed by atoms with E-state index in [2.05, 4.69) is 0 Å². The van der Waals surface area contributed by atoms with Gasteiger partial charge in [-0.3, -0.25) is 0 Å². The molecule has 0 aliphatic carbocycles. The van der Waals surface area contributed by atoms with Crippen LogP contribution in [0.2, 0.25) is 0 Å². The van der Waals surface area contributed by atoms with Crippen molar-refractivity contribution < 1.29 is 9.90 Å². The van der Waals surface area contributed by atoms with Crippen LogP contribution in [-0.4, -0.2) is 17.6 Å². The average Bonchev–Trinajstić information content (AvgIpc) is 2.15. The van der Waals surface area contributed by atoms with Gasteiger partial charge in [-0.05, 0) is 11.6 Å². The van der Waals surface area contributed by atoms with Crippen molar-refractivity contribution in [3.63, 3.8) is 0 Å². The van der Waals surface area contributed by atoms with Gasteiger partial charge >= 0.3 is 5.97 Å². The highest BCUT2D eigenvalue weighted by Crippen LogP contribution is 2.05. The lowest BCUT2D eigenvalue weighted by Gasteiger charge is -1.97. The summed E-state index contributed by atoms with van der Waals surface area (Å²) in [7, 11) is 0. The first kappa shape index (κ1) is 9.48. The predicted molar refractivity (Wildman–Crippen MR) is 51.1 cm³/mol. The fourth-order valence-electron chi connectivity index (χ4n) is 0.958. The van der Waals surface area contributed by atoms with E-state index < -0.39 is 5.97 Å². The molecule has 0 saturated carbocycles. The first-order valence-electron chi connectivity index (χ1n) is 3.93. The van der Waals surface area contributed by atoms with Crippen molar-refractivity contribution in [2.24, 2.45) is 5.73 Å². The molecule has 0 unspecified atom stereocenters. The maximum Gasteiger partial charge on any atom is 0.332 e. The molecule has 0 spiro atoms. The molecule has 3 N–H and O–H groups in total. The summed E-state index contributed by atoms with van der Waals surface area (Å²) in [5.41, 5.74) is 6.34. The number of rotatable bonds is 3. The third kappa shape index (κ3) is 2.72. The Bertz CT molecular complexity index is 317. The highest BCUT2D eigenvalue weighted by Gasteiger charge is 2.03. The van der Waals surface area contributed by atoms with Crippen LogP contribution in [0.4, 0.5) is 0 Å². The van der Waals surface area contributed by atoms with Crippen molar-refractivity contribution in [3.05, 3.63) is 41.5 Å². The third-order valence-electron chi connectivity index (χ3n) is 1.64. The van der Waals surface area contributed by atoms with Crippen LogP contribution in [0.5, 0.6) is 0 Å². The highest BCUT2D eigenvalue weighted by molar-refractivity contribution is 5.92. The lowest BCUT2D eigenvalue weighted by atomic mass is 10.1. The molecule has 0 fully saturated rings. The second-order valence-corrected chi connectivity index (χ2v) is 2.59. The normalized spacial score (nSPS) is 11.3. The summed E-state index contributed by atoms with van der Waals surface area (Å²) < 4.78 is 0. The van der Waals surface area contributed by atoms with Crippen LogP contribution in [0, 0.1) is 0 Å². The van der Waals surface area contributed by atoms with Crippen LogP contribution in [0.15, 0.2) is 35.9 Å². The summed E-state index contributed by atoms with van der Waals surface area (Å²) in [5, 5.41) is 8.69. The minimum atomic E-state index is -0.966. The van der Waals surface area contributed by atoms with Gasteiger partial charge in [0.15, 0.2) is 0 Å². The van der Waals surface area contributed by atoms with Gasteiger partial charge in [-0.1, -0.05) is 30.3 Å². The van der Waals surface area contributed by atoms with E-state index in [4.69, 9.17) is 10.8 Å². The van der Waals surface area contributed by atoms with Gasteiger partial charge < -0.3 is 10.8 Å². The molecule has 13 heavy (non-hydrogen) atoms. The number of aliphatic carboxylic acids is 1. The lowest BCUT2D eigenvalue weighted by Crippen LogP contribution is -2.11. The van der Waals surface area contributed by atoms with E-state index >= 15 is 0 Å². The Morgan fingerprint density at radius 2 is 2.00 bits per heavy atom. The summed E-state index contributed by atoms with van der Waals surface area (Å²) in [4.78, 5) is 10.6. The second kappa shape index (κ2) is 4.42. The van der Waals surface area contributed by atoms with Gasteiger partial charge in [0.05, 0.1) is 5.57 Å². The van der Waals surface area contributed by atoms with Gasteiger partial charge in [-0.25, -0.2) is 4.79 Å². The van der Waals surface area contributed by atoms with Gasteiger partial charge in [0.1, 0.15) is 0 Å². The monoisotopic (exact) mass is 177 g/mol. The zero-order chi connectivity index (χ0) is 9.68. The molecule has 0 aromatic heterocycles. The molecule has 1 aromatic carbocycles. The fraction of sp³-hybridized carbons (Fsp3) is 0.100. The Kier molecular flexibility index (Phi) is 3.23. The largest absolute Gasteiger partial charge is 0.478 e. The summed E-state index contributed by atoms with van der Waals surface area (Å²) in [6.45, 7) is 0.0459. The quantitative estimate of drug-likeness (QED) is 0.680. The van der Waals surface area contributed by atoms with Gasteiger partial charge in [-0.2, -0.15) is 0 Å². The molecule has 0 radical (unpaired) electrons. The Labute approximate surface area is 76.5 Å². The molecule has 0 amide bonds. The van der Waals surface area contributed by atoms with Crippen LogP contribution in [0.1, 0.15) is 5.56 Å². The van der Waals surface area contributed by atoms with Crippen molar-refractivity contribution in [2.75, 3.05) is 6.54 Å². The van der Waals surface area contributed by atoms with E-state index in [1.54, 1.807) is 6.08 Å². The smallest absolute Gasteiger partial charge is 0.332 e. The average molecular weight is 177 g/mol. The lowest BCUT2D eigenvalue weighted by molar-refractivity contribution is -0.132. The first-order valence-corrected chi connectivity index (χ1v) is 3.93. The fourth-order valence-corrected chi connectivity index (χ4v) is 0.958. The summed E-state index contributed by atoms with van der Waals surface area (Å²) in [5.74, 6) is -0.966. The van der Waals surface area contributed by atoms with E-state index in [1.165, 1.54) is 0 Å². The molecule has 0 saturated heterocycles. The molecule has 68 valence electrons. The van der Waals surface area contributed by atoms with E-state index in [9.17, 15) is 4.79 Å². The van der Waals surface area contributed by atoms with E-state index in [0.717, 1.165) is 5.56 Å². The minimum Gasteiger partial charge on any atom is -0.478 e. The number of hydrogen-bond acceptors (Lipinski definition) is 2. The van der Waals surface area contributed by atoms with Crippen LogP contribution in [0.3, 0.4) is 0 Å². The molecular weight excluding hydrogens is 166 g/mol. The molecule has 0 atom stereocenters. The Morgan fingerprint density at radius 3 is 2.46 bits per heavy atom. The van der Waals surface area contributed by atoms with Gasteiger partial charge in [0.2, 0.25) is 0 Å². The van der Waals surface area contributed by atoms with Crippen LogP contribution in [0.25, 0.3) is 6.08 Å². The maximum atomic E-state index is 10.6. The second-order valence-electron chi connectivity index (χ2n) is 2.59. The summed E-state index contributed by atoms with van der Waals surface area (Å²) >= 11 is 0. The highest BCUT2D eigenvalue weighted by atomic mass is 16.4. The number of carboxylic acids is 1. The van der Waals surface area contributed by atoms with E-state index in [0.29, 0.717) is 0 Å². The van der Waals surface area contributed by atoms with Crippen LogP contribution in [-0.2, 0) is 4.79 Å². The molecule has 0 heterocycles. The molecule has 1 aromatic rings. The molecular formula is C10H11NO2. The SMILES string of the molecule is NCC(=Cc1ccccc1)C(=O)O. The van der Waals surface area contributed by atoms with Crippen molar-refractivity contribution in [3.8, 4) is 0 Å². The number of carboxylic acid groups (broad SMARTS) is 1. The Morgan fingerprint density at radius 1 is 1.38 bits per heavy atom. The minimum absolute atomic E-state index is 0.0459. The van der Waals surface area contributed by atoms with Crippen LogP contribution >= 0.6 is 0 Å². The van der Waals surface area contributed by atoms with Crippen molar-refractivity contribution in [1.82, 2.24) is 0 Å². The topological polar surface area (TPSA) is 63.3 Å². The standard InChI is InChI=1S/C10H11NO2/c11-7-9(10(12)13)6-8-4-2-1-3-5-8/h1-6H,7,11H2,(H,12,13). The van der Waals surface area contributed by atoms with Crippen molar-refractivity contribution in [2.45, 2.75) is 0 Å². The zero-order valence-electron chi connectivity index (χ0n) is 7.10. The number of nitrogens with two attached hydrogens (primary N) is 1. The first-order chi connectivity index (χ1) is 6.24. The molecule has 0 aliphatic rings. The molecule has 0 bridgehead atoms. The predicted octanol–water partition coefficient (Wildman–Crippen LogP) is 1.11. The number of hydrogen-bond donors (Lipinski definition) is 2. The van der Waals surface area contributed by atoms with E-state index in [1.807, 2.05) is 30.3 Å². The van der Waals surface area contributed by atoms with Gasteiger partial charge in [0.25, 0.3) is 0 Å². The molecule has 3 nitrogen and oxygen atoms in total.